The van der Waals surface area contributed by atoms with Crippen LogP contribution in [0.5, 0.6) is 5.75 Å². The summed E-state index contributed by atoms with van der Waals surface area (Å²) in [5.41, 5.74) is 0. The summed E-state index contributed by atoms with van der Waals surface area (Å²) in [6, 6.07) is 2.36. The zero-order chi connectivity index (χ0) is 14.0. The maximum atomic E-state index is 11.2. The molecule has 102 valence electrons. The van der Waals surface area contributed by atoms with E-state index in [1.807, 2.05) is 0 Å². The summed E-state index contributed by atoms with van der Waals surface area (Å²) in [5, 5.41) is 3.49. The van der Waals surface area contributed by atoms with Crippen molar-refractivity contribution in [2.75, 3.05) is 0 Å². The van der Waals surface area contributed by atoms with Gasteiger partial charge in [0.2, 0.25) is 12.2 Å². The van der Waals surface area contributed by atoms with Crippen molar-refractivity contribution in [2.24, 2.45) is 0 Å². The fourth-order valence-corrected chi connectivity index (χ4v) is 3.00. The standard InChI is InChI=1S/C9H5Cl3N2O4S/c10-5-2-8(19(12,15)16)6(11)1-7(5)17-3-9-13-4-18-14-9/h1-2,4H,3H2. The molecule has 0 fully saturated rings. The minimum absolute atomic E-state index is 0.000476. The predicted molar refractivity (Wildman–Crippen MR) is 68.1 cm³/mol. The van der Waals surface area contributed by atoms with Crippen LogP contribution < -0.4 is 4.74 Å². The van der Waals surface area contributed by atoms with E-state index >= 15 is 0 Å². The van der Waals surface area contributed by atoms with E-state index in [4.69, 9.17) is 38.6 Å². The average Bonchev–Trinajstić information content (AvgIpc) is 2.81. The number of aromatic nitrogens is 2. The largest absolute Gasteiger partial charge is 0.484 e. The van der Waals surface area contributed by atoms with Crippen LogP contribution in [0, 0.1) is 0 Å². The first-order valence-electron chi connectivity index (χ1n) is 4.69. The van der Waals surface area contributed by atoms with Gasteiger partial charge >= 0.3 is 0 Å². The molecule has 0 aliphatic carbocycles. The smallest absolute Gasteiger partial charge is 0.262 e. The van der Waals surface area contributed by atoms with E-state index in [0.29, 0.717) is 5.82 Å². The van der Waals surface area contributed by atoms with Crippen molar-refractivity contribution < 1.29 is 17.7 Å². The lowest BCUT2D eigenvalue weighted by Gasteiger charge is -2.08. The molecule has 0 aliphatic rings. The van der Waals surface area contributed by atoms with Gasteiger partial charge in [-0.3, -0.25) is 0 Å². The molecular weight excluding hydrogens is 339 g/mol. The van der Waals surface area contributed by atoms with Gasteiger partial charge in [0.1, 0.15) is 10.6 Å². The quantitative estimate of drug-likeness (QED) is 0.794. The lowest BCUT2D eigenvalue weighted by atomic mass is 10.3. The Morgan fingerprint density at radius 1 is 1.26 bits per heavy atom. The van der Waals surface area contributed by atoms with Crippen molar-refractivity contribution >= 4 is 42.9 Å². The Labute approximate surface area is 122 Å². The van der Waals surface area contributed by atoms with E-state index < -0.39 is 9.05 Å². The summed E-state index contributed by atoms with van der Waals surface area (Å²) in [7, 11) is 1.23. The second-order valence-corrected chi connectivity index (χ2v) is 6.64. The first-order chi connectivity index (χ1) is 8.88. The van der Waals surface area contributed by atoms with Gasteiger partial charge in [-0.05, 0) is 6.07 Å². The van der Waals surface area contributed by atoms with E-state index in [1.54, 1.807) is 0 Å². The molecule has 0 radical (unpaired) electrons. The number of benzene rings is 1. The number of hydrogen-bond donors (Lipinski definition) is 0. The third kappa shape index (κ3) is 3.50. The molecule has 6 nitrogen and oxygen atoms in total. The SMILES string of the molecule is O=S(=O)(Cl)c1cc(Cl)c(OCc2ncon2)cc1Cl. The second kappa shape index (κ2) is 5.54. The molecule has 0 spiro atoms. The number of rotatable bonds is 4. The summed E-state index contributed by atoms with van der Waals surface area (Å²) in [6.07, 6.45) is 1.15. The van der Waals surface area contributed by atoms with E-state index in [1.165, 1.54) is 6.07 Å². The van der Waals surface area contributed by atoms with Crippen LogP contribution in [-0.2, 0) is 15.7 Å². The number of ether oxygens (including phenoxy) is 1. The summed E-state index contributed by atoms with van der Waals surface area (Å²) >= 11 is 11.7. The van der Waals surface area contributed by atoms with Gasteiger partial charge in [-0.15, -0.1) is 0 Å². The van der Waals surface area contributed by atoms with Crippen LogP contribution >= 0.6 is 33.9 Å². The molecule has 0 N–H and O–H groups in total. The molecule has 0 aliphatic heterocycles. The van der Waals surface area contributed by atoms with Crippen molar-refractivity contribution in [3.63, 3.8) is 0 Å². The zero-order valence-electron chi connectivity index (χ0n) is 9.01. The van der Waals surface area contributed by atoms with Crippen LogP contribution in [0.15, 0.2) is 27.9 Å². The van der Waals surface area contributed by atoms with E-state index in [9.17, 15) is 8.42 Å². The Bertz CT molecular complexity index is 688. The zero-order valence-corrected chi connectivity index (χ0v) is 12.1. The molecule has 0 unspecified atom stereocenters. The second-order valence-electron chi connectivity index (χ2n) is 3.29. The molecule has 0 atom stereocenters. The Hall–Kier alpha value is -1.02. The van der Waals surface area contributed by atoms with Crippen LogP contribution in [0.3, 0.4) is 0 Å². The number of hydrogen-bond acceptors (Lipinski definition) is 6. The number of halogens is 3. The molecule has 0 saturated carbocycles. The first kappa shape index (κ1) is 14.4. The predicted octanol–water partition coefficient (Wildman–Crippen LogP) is 2.88. The average molecular weight is 344 g/mol. The summed E-state index contributed by atoms with van der Waals surface area (Å²) in [5.74, 6) is 0.488. The molecular formula is C9H5Cl3N2O4S. The molecule has 2 rings (SSSR count). The third-order valence-electron chi connectivity index (χ3n) is 2.01. The van der Waals surface area contributed by atoms with Crippen molar-refractivity contribution in [3.8, 4) is 5.75 Å². The van der Waals surface area contributed by atoms with Gasteiger partial charge in [0, 0.05) is 16.7 Å². The molecule has 2 aromatic rings. The Morgan fingerprint density at radius 3 is 2.58 bits per heavy atom. The van der Waals surface area contributed by atoms with E-state index in [0.717, 1.165) is 12.5 Å². The van der Waals surface area contributed by atoms with Crippen LogP contribution in [0.25, 0.3) is 0 Å². The fourth-order valence-electron chi connectivity index (χ4n) is 1.21. The summed E-state index contributed by atoms with van der Waals surface area (Å²) in [4.78, 5) is 3.46. The van der Waals surface area contributed by atoms with Crippen LogP contribution in [-0.4, -0.2) is 18.6 Å². The fraction of sp³-hybridized carbons (Fsp3) is 0.111. The molecule has 1 aromatic carbocycles. The van der Waals surface area contributed by atoms with Crippen molar-refractivity contribution in [3.05, 3.63) is 34.4 Å². The van der Waals surface area contributed by atoms with Crippen molar-refractivity contribution in [1.82, 2.24) is 10.1 Å². The van der Waals surface area contributed by atoms with Gasteiger partial charge in [-0.25, -0.2) is 8.42 Å². The molecule has 0 amide bonds. The highest BCUT2D eigenvalue weighted by molar-refractivity contribution is 8.13. The van der Waals surface area contributed by atoms with E-state index in [2.05, 4.69) is 14.7 Å². The van der Waals surface area contributed by atoms with Crippen LogP contribution in [0.4, 0.5) is 0 Å². The molecule has 1 heterocycles. The van der Waals surface area contributed by atoms with Gasteiger partial charge in [0.25, 0.3) is 9.05 Å². The van der Waals surface area contributed by atoms with Gasteiger partial charge in [-0.1, -0.05) is 28.4 Å². The molecule has 10 heteroatoms. The maximum Gasteiger partial charge on any atom is 0.262 e. The molecule has 1 aromatic heterocycles. The molecule has 0 saturated heterocycles. The maximum absolute atomic E-state index is 11.2. The highest BCUT2D eigenvalue weighted by atomic mass is 35.7. The van der Waals surface area contributed by atoms with Gasteiger partial charge in [0.15, 0.2) is 6.61 Å². The summed E-state index contributed by atoms with van der Waals surface area (Å²) in [6.45, 7) is -0.000476. The third-order valence-corrected chi connectivity index (χ3v) is 4.09. The lowest BCUT2D eigenvalue weighted by Crippen LogP contribution is -1.99. The van der Waals surface area contributed by atoms with Crippen molar-refractivity contribution in [2.45, 2.75) is 11.5 Å². The Balaban J connectivity index is 2.26. The Kier molecular flexibility index (Phi) is 4.19. The van der Waals surface area contributed by atoms with Crippen molar-refractivity contribution in [1.29, 1.82) is 0 Å². The number of nitrogens with zero attached hydrogens (tertiary/aromatic N) is 2. The normalized spacial score (nSPS) is 11.5. The Morgan fingerprint density at radius 2 is 2.00 bits per heavy atom. The minimum atomic E-state index is -3.97. The summed E-state index contributed by atoms with van der Waals surface area (Å²) < 4.78 is 32.2. The lowest BCUT2D eigenvalue weighted by molar-refractivity contribution is 0.286. The first-order valence-corrected chi connectivity index (χ1v) is 7.76. The highest BCUT2D eigenvalue weighted by Crippen LogP contribution is 2.35. The highest BCUT2D eigenvalue weighted by Gasteiger charge is 2.18. The monoisotopic (exact) mass is 342 g/mol. The van der Waals surface area contributed by atoms with Crippen LogP contribution in [0.1, 0.15) is 5.82 Å². The van der Waals surface area contributed by atoms with E-state index in [-0.39, 0.29) is 27.3 Å². The topological polar surface area (TPSA) is 82.3 Å². The molecule has 19 heavy (non-hydrogen) atoms. The minimum Gasteiger partial charge on any atom is -0.484 e. The van der Waals surface area contributed by atoms with Gasteiger partial charge < -0.3 is 9.26 Å². The molecule has 0 bridgehead atoms. The van der Waals surface area contributed by atoms with Gasteiger partial charge in [-0.2, -0.15) is 4.98 Å². The van der Waals surface area contributed by atoms with Crippen LogP contribution in [0.2, 0.25) is 10.0 Å². The van der Waals surface area contributed by atoms with Gasteiger partial charge in [0.05, 0.1) is 10.0 Å².